The van der Waals surface area contributed by atoms with Gasteiger partial charge in [-0.15, -0.1) is 0 Å². The highest BCUT2D eigenvalue weighted by Gasteiger charge is 2.12. The number of esters is 1. The average molecular weight is 313 g/mol. The number of aromatic nitrogens is 1. The molecule has 0 aliphatic rings. The summed E-state index contributed by atoms with van der Waals surface area (Å²) in [7, 11) is 1.39. The van der Waals surface area contributed by atoms with Crippen LogP contribution >= 0.6 is 0 Å². The van der Waals surface area contributed by atoms with E-state index in [1.54, 1.807) is 12.1 Å². The minimum Gasteiger partial charge on any atom is -0.465 e. The maximum Gasteiger partial charge on any atom is 0.337 e. The number of hydrogen-bond acceptors (Lipinski definition) is 2. The molecule has 1 heterocycles. The van der Waals surface area contributed by atoms with Gasteiger partial charge in [0.2, 0.25) is 0 Å². The van der Waals surface area contributed by atoms with Crippen molar-refractivity contribution in [3.8, 4) is 5.69 Å². The van der Waals surface area contributed by atoms with Crippen LogP contribution in [0, 0.1) is 6.92 Å². The van der Waals surface area contributed by atoms with E-state index in [1.807, 2.05) is 39.0 Å². The van der Waals surface area contributed by atoms with Gasteiger partial charge in [0, 0.05) is 17.1 Å². The van der Waals surface area contributed by atoms with Crippen molar-refractivity contribution in [3.63, 3.8) is 0 Å². The lowest BCUT2D eigenvalue weighted by molar-refractivity contribution is 0.0601. The zero-order chi connectivity index (χ0) is 17.4. The van der Waals surface area contributed by atoms with E-state index in [0.29, 0.717) is 5.56 Å². The summed E-state index contributed by atoms with van der Waals surface area (Å²) < 4.78 is 6.97. The van der Waals surface area contributed by atoms with Crippen LogP contribution in [0.25, 0.3) is 11.8 Å². The average Bonchev–Trinajstić information content (AvgIpc) is 2.92. The molecular formula is C20H27NO2. The fourth-order valence-electron chi connectivity index (χ4n) is 2.51. The first kappa shape index (κ1) is 18.8. The highest BCUT2D eigenvalue weighted by atomic mass is 16.5. The van der Waals surface area contributed by atoms with E-state index in [0.717, 1.165) is 12.1 Å². The van der Waals surface area contributed by atoms with Crippen molar-refractivity contribution >= 4 is 12.0 Å². The summed E-state index contributed by atoms with van der Waals surface area (Å²) in [5.74, 6) is -0.311. The van der Waals surface area contributed by atoms with Gasteiger partial charge < -0.3 is 9.30 Å². The standard InChI is InChI=1S/C18H21NO2.C2H6/c1-5-7-17-13(3)12-15(6-2)19(17)16-10-8-14(9-11-16)18(20)21-4;1-2/h5,7-12H,6H2,1-4H3;1-2H3/b7-5-;. The van der Waals surface area contributed by atoms with Crippen LogP contribution < -0.4 is 0 Å². The van der Waals surface area contributed by atoms with Gasteiger partial charge >= 0.3 is 5.97 Å². The normalized spacial score (nSPS) is 10.3. The SMILES string of the molecule is C/C=C\c1c(C)cc(CC)n1-c1ccc(C(=O)OC)cc1.CC. The lowest BCUT2D eigenvalue weighted by Gasteiger charge is -2.12. The monoisotopic (exact) mass is 313 g/mol. The van der Waals surface area contributed by atoms with Gasteiger partial charge in [-0.2, -0.15) is 0 Å². The zero-order valence-corrected chi connectivity index (χ0v) is 15.0. The molecule has 1 aromatic heterocycles. The molecule has 0 spiro atoms. The summed E-state index contributed by atoms with van der Waals surface area (Å²) in [6, 6.07) is 9.73. The number of allylic oxidation sites excluding steroid dienone is 1. The molecule has 0 bridgehead atoms. The second kappa shape index (κ2) is 8.99. The number of ether oxygens (including phenoxy) is 1. The van der Waals surface area contributed by atoms with Gasteiger partial charge in [-0.1, -0.05) is 26.8 Å². The van der Waals surface area contributed by atoms with Crippen LogP contribution in [0.5, 0.6) is 0 Å². The highest BCUT2D eigenvalue weighted by Crippen LogP contribution is 2.23. The Labute approximate surface area is 139 Å². The number of methoxy groups -OCH3 is 1. The van der Waals surface area contributed by atoms with E-state index in [4.69, 9.17) is 4.74 Å². The van der Waals surface area contributed by atoms with Crippen molar-refractivity contribution in [3.05, 3.63) is 58.9 Å². The minimum atomic E-state index is -0.311. The van der Waals surface area contributed by atoms with Crippen LogP contribution in [-0.4, -0.2) is 17.6 Å². The molecule has 0 fully saturated rings. The van der Waals surface area contributed by atoms with Crippen molar-refractivity contribution in [2.24, 2.45) is 0 Å². The van der Waals surface area contributed by atoms with Crippen LogP contribution in [-0.2, 0) is 11.2 Å². The van der Waals surface area contributed by atoms with Gasteiger partial charge in [0.25, 0.3) is 0 Å². The third-order valence-electron chi connectivity index (χ3n) is 3.55. The molecule has 3 heteroatoms. The zero-order valence-electron chi connectivity index (χ0n) is 15.0. The van der Waals surface area contributed by atoms with Gasteiger partial charge in [0.05, 0.1) is 12.7 Å². The Bertz CT molecular complexity index is 664. The van der Waals surface area contributed by atoms with Gasteiger partial charge in [0.1, 0.15) is 0 Å². The number of rotatable bonds is 4. The third-order valence-corrected chi connectivity index (χ3v) is 3.55. The fourth-order valence-corrected chi connectivity index (χ4v) is 2.51. The largest absolute Gasteiger partial charge is 0.465 e. The summed E-state index contributed by atoms with van der Waals surface area (Å²) >= 11 is 0. The Morgan fingerprint density at radius 1 is 1.22 bits per heavy atom. The lowest BCUT2D eigenvalue weighted by atomic mass is 10.2. The fraction of sp³-hybridized carbons (Fsp3) is 0.350. The third kappa shape index (κ3) is 4.13. The molecule has 124 valence electrons. The predicted molar refractivity (Wildman–Crippen MR) is 97.3 cm³/mol. The van der Waals surface area contributed by atoms with Crippen LogP contribution in [0.4, 0.5) is 0 Å². The summed E-state index contributed by atoms with van der Waals surface area (Å²) in [4.78, 5) is 11.5. The second-order valence-electron chi connectivity index (χ2n) is 4.93. The van der Waals surface area contributed by atoms with Crippen molar-refractivity contribution < 1.29 is 9.53 Å². The number of hydrogen-bond donors (Lipinski definition) is 0. The quantitative estimate of drug-likeness (QED) is 0.727. The maximum absolute atomic E-state index is 11.5. The predicted octanol–water partition coefficient (Wildman–Crippen LogP) is 5.19. The molecule has 3 nitrogen and oxygen atoms in total. The van der Waals surface area contributed by atoms with Gasteiger partial charge in [-0.25, -0.2) is 4.79 Å². The molecule has 1 aromatic carbocycles. The summed E-state index contributed by atoms with van der Waals surface area (Å²) in [6.45, 7) is 10.3. The number of aryl methyl sites for hydroxylation is 2. The second-order valence-corrected chi connectivity index (χ2v) is 4.93. The minimum absolute atomic E-state index is 0.311. The van der Waals surface area contributed by atoms with Crippen molar-refractivity contribution in [2.45, 2.75) is 41.0 Å². The molecule has 0 N–H and O–H groups in total. The Hall–Kier alpha value is -2.29. The van der Waals surface area contributed by atoms with E-state index in [-0.39, 0.29) is 5.97 Å². The Morgan fingerprint density at radius 3 is 2.30 bits per heavy atom. The molecule has 0 radical (unpaired) electrons. The highest BCUT2D eigenvalue weighted by molar-refractivity contribution is 5.89. The molecule has 0 amide bonds. The van der Waals surface area contributed by atoms with Crippen LogP contribution in [0.1, 0.15) is 55.0 Å². The van der Waals surface area contributed by atoms with Gasteiger partial charge in [-0.3, -0.25) is 0 Å². The topological polar surface area (TPSA) is 31.2 Å². The first-order valence-electron chi connectivity index (χ1n) is 8.15. The van der Waals surface area contributed by atoms with Crippen LogP contribution in [0.3, 0.4) is 0 Å². The van der Waals surface area contributed by atoms with Gasteiger partial charge in [0.15, 0.2) is 0 Å². The van der Waals surface area contributed by atoms with E-state index in [2.05, 4.69) is 30.6 Å². The number of benzene rings is 1. The summed E-state index contributed by atoms with van der Waals surface area (Å²) in [6.07, 6.45) is 5.11. The molecule has 0 atom stereocenters. The molecule has 0 aliphatic carbocycles. The van der Waals surface area contributed by atoms with E-state index >= 15 is 0 Å². The molecule has 0 saturated carbocycles. The Kier molecular flexibility index (Phi) is 7.33. The molecule has 0 saturated heterocycles. The summed E-state index contributed by atoms with van der Waals surface area (Å²) in [5.41, 5.74) is 5.31. The smallest absolute Gasteiger partial charge is 0.337 e. The number of nitrogens with zero attached hydrogens (tertiary/aromatic N) is 1. The first-order chi connectivity index (χ1) is 11.1. The van der Waals surface area contributed by atoms with Crippen LogP contribution in [0.2, 0.25) is 0 Å². The van der Waals surface area contributed by atoms with Gasteiger partial charge in [-0.05, 0) is 62.2 Å². The van der Waals surface area contributed by atoms with E-state index in [1.165, 1.54) is 24.1 Å². The van der Waals surface area contributed by atoms with Crippen molar-refractivity contribution in [1.29, 1.82) is 0 Å². The molecule has 0 unspecified atom stereocenters. The Morgan fingerprint density at radius 2 is 1.83 bits per heavy atom. The summed E-state index contributed by atoms with van der Waals surface area (Å²) in [5, 5.41) is 0. The Balaban J connectivity index is 0.00000127. The molecule has 23 heavy (non-hydrogen) atoms. The van der Waals surface area contributed by atoms with E-state index < -0.39 is 0 Å². The van der Waals surface area contributed by atoms with Crippen LogP contribution in [0.15, 0.2) is 36.4 Å². The first-order valence-corrected chi connectivity index (χ1v) is 8.15. The van der Waals surface area contributed by atoms with Crippen molar-refractivity contribution in [2.75, 3.05) is 7.11 Å². The molecule has 2 aromatic rings. The molecule has 2 rings (SSSR count). The maximum atomic E-state index is 11.5. The lowest BCUT2D eigenvalue weighted by Crippen LogP contribution is -2.04. The number of carbonyl (C=O) groups is 1. The number of carbonyl (C=O) groups excluding carboxylic acids is 1. The van der Waals surface area contributed by atoms with E-state index in [9.17, 15) is 4.79 Å². The molecule has 0 aliphatic heterocycles. The molecular weight excluding hydrogens is 286 g/mol. The van der Waals surface area contributed by atoms with Crippen molar-refractivity contribution in [1.82, 2.24) is 4.57 Å².